The SMILES string of the molecule is Cc1nc2cc(-c3ccc(F)cc3)[nH]n2c(=O)c1Cl. The number of hydrogen-bond donors (Lipinski definition) is 1. The zero-order chi connectivity index (χ0) is 13.6. The van der Waals surface area contributed by atoms with Gasteiger partial charge >= 0.3 is 0 Å². The van der Waals surface area contributed by atoms with Crippen molar-refractivity contribution in [1.82, 2.24) is 14.6 Å². The van der Waals surface area contributed by atoms with Gasteiger partial charge in [-0.3, -0.25) is 9.89 Å². The van der Waals surface area contributed by atoms with Crippen LogP contribution in [0.3, 0.4) is 0 Å². The van der Waals surface area contributed by atoms with E-state index in [4.69, 9.17) is 11.6 Å². The average Bonchev–Trinajstić information content (AvgIpc) is 2.81. The zero-order valence-corrected chi connectivity index (χ0v) is 10.7. The van der Waals surface area contributed by atoms with Crippen molar-refractivity contribution < 1.29 is 4.39 Å². The maximum Gasteiger partial charge on any atom is 0.291 e. The van der Waals surface area contributed by atoms with E-state index in [1.54, 1.807) is 25.1 Å². The second kappa shape index (κ2) is 4.20. The molecule has 0 spiro atoms. The number of halogens is 2. The van der Waals surface area contributed by atoms with Crippen LogP contribution in [-0.4, -0.2) is 14.6 Å². The number of nitrogens with zero attached hydrogens (tertiary/aromatic N) is 2. The first-order chi connectivity index (χ1) is 9.06. The Labute approximate surface area is 112 Å². The number of rotatable bonds is 1. The molecule has 6 heteroatoms. The van der Waals surface area contributed by atoms with Crippen molar-refractivity contribution >= 4 is 17.2 Å². The van der Waals surface area contributed by atoms with Gasteiger partial charge in [0.25, 0.3) is 5.56 Å². The predicted molar refractivity (Wildman–Crippen MR) is 71.0 cm³/mol. The maximum atomic E-state index is 12.9. The molecular formula is C13H9ClFN3O. The molecule has 0 saturated heterocycles. The molecule has 0 aliphatic rings. The van der Waals surface area contributed by atoms with Gasteiger partial charge in [0, 0.05) is 6.07 Å². The molecule has 0 fully saturated rings. The molecule has 0 aliphatic heterocycles. The third-order valence-electron chi connectivity index (χ3n) is 2.88. The van der Waals surface area contributed by atoms with Gasteiger partial charge in [-0.15, -0.1) is 0 Å². The fraction of sp³-hybridized carbons (Fsp3) is 0.0769. The molecule has 4 nitrogen and oxygen atoms in total. The fourth-order valence-electron chi connectivity index (χ4n) is 1.89. The first-order valence-electron chi connectivity index (χ1n) is 5.60. The van der Waals surface area contributed by atoms with Crippen molar-refractivity contribution in [2.24, 2.45) is 0 Å². The highest BCUT2D eigenvalue weighted by Gasteiger charge is 2.10. The van der Waals surface area contributed by atoms with Gasteiger partial charge in [-0.25, -0.2) is 9.37 Å². The Hall–Kier alpha value is -2.14. The molecule has 0 radical (unpaired) electrons. The lowest BCUT2D eigenvalue weighted by Gasteiger charge is -1.97. The largest absolute Gasteiger partial charge is 0.291 e. The lowest BCUT2D eigenvalue weighted by Crippen LogP contribution is -2.16. The van der Waals surface area contributed by atoms with Crippen LogP contribution in [0, 0.1) is 12.7 Å². The van der Waals surface area contributed by atoms with Crippen LogP contribution in [0.5, 0.6) is 0 Å². The molecule has 0 atom stereocenters. The van der Waals surface area contributed by atoms with Crippen LogP contribution in [0.4, 0.5) is 4.39 Å². The Morgan fingerprint density at radius 3 is 2.68 bits per heavy atom. The van der Waals surface area contributed by atoms with E-state index < -0.39 is 0 Å². The van der Waals surface area contributed by atoms with Gasteiger partial charge in [-0.2, -0.15) is 4.52 Å². The molecule has 0 unspecified atom stereocenters. The molecule has 2 aromatic heterocycles. The van der Waals surface area contributed by atoms with Crippen LogP contribution >= 0.6 is 11.6 Å². The normalized spacial score (nSPS) is 11.1. The highest BCUT2D eigenvalue weighted by atomic mass is 35.5. The van der Waals surface area contributed by atoms with E-state index in [1.165, 1.54) is 16.6 Å². The number of benzene rings is 1. The Kier molecular flexibility index (Phi) is 2.64. The molecule has 3 aromatic rings. The highest BCUT2D eigenvalue weighted by molar-refractivity contribution is 6.31. The second-order valence-corrected chi connectivity index (χ2v) is 4.56. The summed E-state index contributed by atoms with van der Waals surface area (Å²) in [5.74, 6) is -0.311. The summed E-state index contributed by atoms with van der Waals surface area (Å²) >= 11 is 5.87. The summed E-state index contributed by atoms with van der Waals surface area (Å²) in [4.78, 5) is 16.2. The maximum absolute atomic E-state index is 12.9. The summed E-state index contributed by atoms with van der Waals surface area (Å²) in [5.41, 5.74) is 2.05. The fourth-order valence-corrected chi connectivity index (χ4v) is 2.02. The lowest BCUT2D eigenvalue weighted by atomic mass is 10.1. The minimum absolute atomic E-state index is 0.0880. The van der Waals surface area contributed by atoms with Crippen LogP contribution in [0.25, 0.3) is 16.9 Å². The van der Waals surface area contributed by atoms with Gasteiger partial charge in [0.2, 0.25) is 0 Å². The number of aromatic nitrogens is 3. The van der Waals surface area contributed by atoms with Crippen LogP contribution < -0.4 is 5.56 Å². The van der Waals surface area contributed by atoms with Crippen molar-refractivity contribution in [1.29, 1.82) is 0 Å². The van der Waals surface area contributed by atoms with Gasteiger partial charge in [-0.05, 0) is 36.8 Å². The summed E-state index contributed by atoms with van der Waals surface area (Å²) in [6, 6.07) is 7.68. The number of H-pyrrole nitrogens is 1. The number of aromatic amines is 1. The number of aryl methyl sites for hydroxylation is 1. The molecule has 0 saturated carbocycles. The summed E-state index contributed by atoms with van der Waals surface area (Å²) in [6.45, 7) is 1.67. The zero-order valence-electron chi connectivity index (χ0n) is 9.95. The Morgan fingerprint density at radius 2 is 2.00 bits per heavy atom. The van der Waals surface area contributed by atoms with Gasteiger partial charge in [0.1, 0.15) is 10.8 Å². The summed E-state index contributed by atoms with van der Waals surface area (Å²) in [5, 5.41) is 2.99. The topological polar surface area (TPSA) is 50.2 Å². The number of hydrogen-bond acceptors (Lipinski definition) is 2. The molecule has 1 aromatic carbocycles. The Bertz CT molecular complexity index is 820. The second-order valence-electron chi connectivity index (χ2n) is 4.19. The van der Waals surface area contributed by atoms with E-state index in [2.05, 4.69) is 10.1 Å². The van der Waals surface area contributed by atoms with Crippen LogP contribution in [0.15, 0.2) is 35.1 Å². The third-order valence-corrected chi connectivity index (χ3v) is 3.32. The van der Waals surface area contributed by atoms with E-state index in [-0.39, 0.29) is 16.4 Å². The molecular weight excluding hydrogens is 269 g/mol. The Morgan fingerprint density at radius 1 is 1.32 bits per heavy atom. The first-order valence-corrected chi connectivity index (χ1v) is 5.98. The minimum Gasteiger partial charge on any atom is -0.289 e. The molecule has 3 rings (SSSR count). The van der Waals surface area contributed by atoms with Crippen molar-refractivity contribution in [3.63, 3.8) is 0 Å². The molecule has 0 amide bonds. The van der Waals surface area contributed by atoms with Crippen molar-refractivity contribution in [2.75, 3.05) is 0 Å². The Balaban J connectivity index is 2.25. The molecule has 2 heterocycles. The molecule has 96 valence electrons. The van der Waals surface area contributed by atoms with Gasteiger partial charge < -0.3 is 0 Å². The van der Waals surface area contributed by atoms with Crippen molar-refractivity contribution in [3.05, 3.63) is 57.2 Å². The smallest absolute Gasteiger partial charge is 0.289 e. The number of nitrogens with one attached hydrogen (secondary N) is 1. The quantitative estimate of drug-likeness (QED) is 0.743. The van der Waals surface area contributed by atoms with E-state index in [0.29, 0.717) is 17.0 Å². The predicted octanol–water partition coefficient (Wildman–Crippen LogP) is 2.79. The molecule has 19 heavy (non-hydrogen) atoms. The minimum atomic E-state index is -0.350. The first kappa shape index (κ1) is 11.9. The highest BCUT2D eigenvalue weighted by Crippen LogP contribution is 2.19. The van der Waals surface area contributed by atoms with E-state index in [9.17, 15) is 9.18 Å². The third kappa shape index (κ3) is 1.92. The summed E-state index contributed by atoms with van der Waals surface area (Å²) < 4.78 is 14.2. The van der Waals surface area contributed by atoms with E-state index in [1.807, 2.05) is 0 Å². The summed E-state index contributed by atoms with van der Waals surface area (Å²) in [6.07, 6.45) is 0. The monoisotopic (exact) mass is 277 g/mol. The average molecular weight is 278 g/mol. The molecule has 1 N–H and O–H groups in total. The summed E-state index contributed by atoms with van der Waals surface area (Å²) in [7, 11) is 0. The van der Waals surface area contributed by atoms with Crippen LogP contribution in [0.2, 0.25) is 5.02 Å². The molecule has 0 aliphatic carbocycles. The van der Waals surface area contributed by atoms with Gasteiger partial charge in [0.05, 0.1) is 11.4 Å². The van der Waals surface area contributed by atoms with Crippen LogP contribution in [0.1, 0.15) is 5.69 Å². The van der Waals surface area contributed by atoms with Crippen molar-refractivity contribution in [3.8, 4) is 11.3 Å². The van der Waals surface area contributed by atoms with Crippen LogP contribution in [-0.2, 0) is 0 Å². The lowest BCUT2D eigenvalue weighted by molar-refractivity contribution is 0.628. The van der Waals surface area contributed by atoms with Gasteiger partial charge in [0.15, 0.2) is 5.65 Å². The molecule has 0 bridgehead atoms. The number of fused-ring (bicyclic) bond motifs is 1. The van der Waals surface area contributed by atoms with Crippen molar-refractivity contribution in [2.45, 2.75) is 6.92 Å². The van der Waals surface area contributed by atoms with Gasteiger partial charge in [-0.1, -0.05) is 11.6 Å². The van der Waals surface area contributed by atoms with E-state index >= 15 is 0 Å². The standard InChI is InChI=1S/C13H9ClFN3O/c1-7-12(14)13(19)18-11(16-7)6-10(17-18)8-2-4-9(15)5-3-8/h2-6,17H,1H3. The van der Waals surface area contributed by atoms with E-state index in [0.717, 1.165) is 5.56 Å².